The standard InChI is InChI=1S/C16H19ClN6O3/c17-12-3-1-2-4-13(12)21-16-14(23(24)25)15(19-11-20-16)18-5-6-22-7-9-26-10-8-22/h1-4,11H,5-10H2,(H2,18,19,20,21). The summed E-state index contributed by atoms with van der Waals surface area (Å²) >= 11 is 6.11. The second-order valence-corrected chi connectivity index (χ2v) is 6.07. The third-order valence-electron chi connectivity index (χ3n) is 3.96. The van der Waals surface area contributed by atoms with Crippen molar-refractivity contribution in [3.05, 3.63) is 45.7 Å². The first-order chi connectivity index (χ1) is 12.6. The highest BCUT2D eigenvalue weighted by Crippen LogP contribution is 2.33. The molecule has 0 aliphatic carbocycles. The van der Waals surface area contributed by atoms with Crippen LogP contribution in [-0.4, -0.2) is 59.2 Å². The fourth-order valence-corrected chi connectivity index (χ4v) is 2.80. The largest absolute Gasteiger partial charge is 0.379 e. The number of para-hydroxylation sites is 1. The molecular formula is C16H19ClN6O3. The van der Waals surface area contributed by atoms with Crippen LogP contribution < -0.4 is 10.6 Å². The molecule has 0 amide bonds. The Balaban J connectivity index is 1.73. The number of benzene rings is 1. The highest BCUT2D eigenvalue weighted by Gasteiger charge is 2.23. The minimum atomic E-state index is -0.504. The van der Waals surface area contributed by atoms with Crippen LogP contribution >= 0.6 is 11.6 Å². The molecule has 10 heteroatoms. The zero-order valence-electron chi connectivity index (χ0n) is 14.0. The number of aromatic nitrogens is 2. The van der Waals surface area contributed by atoms with Crippen LogP contribution in [0.4, 0.5) is 23.0 Å². The first-order valence-corrected chi connectivity index (χ1v) is 8.58. The van der Waals surface area contributed by atoms with E-state index in [1.54, 1.807) is 24.3 Å². The van der Waals surface area contributed by atoms with Crippen LogP contribution in [0.5, 0.6) is 0 Å². The van der Waals surface area contributed by atoms with E-state index in [9.17, 15) is 10.1 Å². The molecule has 2 heterocycles. The summed E-state index contributed by atoms with van der Waals surface area (Å²) in [5, 5.41) is 18.0. The molecule has 138 valence electrons. The maximum atomic E-state index is 11.6. The van der Waals surface area contributed by atoms with Crippen molar-refractivity contribution in [1.82, 2.24) is 14.9 Å². The van der Waals surface area contributed by atoms with E-state index in [1.165, 1.54) is 6.33 Å². The summed E-state index contributed by atoms with van der Waals surface area (Å²) in [7, 11) is 0. The van der Waals surface area contributed by atoms with Crippen molar-refractivity contribution < 1.29 is 9.66 Å². The van der Waals surface area contributed by atoms with Crippen molar-refractivity contribution in [3.63, 3.8) is 0 Å². The molecule has 26 heavy (non-hydrogen) atoms. The van der Waals surface area contributed by atoms with E-state index >= 15 is 0 Å². The van der Waals surface area contributed by atoms with Crippen molar-refractivity contribution in [2.45, 2.75) is 0 Å². The lowest BCUT2D eigenvalue weighted by Gasteiger charge is -2.26. The van der Waals surface area contributed by atoms with Crippen LogP contribution in [-0.2, 0) is 4.74 Å². The van der Waals surface area contributed by atoms with Crippen LogP contribution in [0.2, 0.25) is 5.02 Å². The summed E-state index contributed by atoms with van der Waals surface area (Å²) in [5.41, 5.74) is 0.324. The number of nitro groups is 1. The van der Waals surface area contributed by atoms with Crippen LogP contribution in [0.25, 0.3) is 0 Å². The summed E-state index contributed by atoms with van der Waals surface area (Å²) in [6, 6.07) is 6.97. The molecule has 2 N–H and O–H groups in total. The van der Waals surface area contributed by atoms with Crippen molar-refractivity contribution in [2.75, 3.05) is 50.0 Å². The van der Waals surface area contributed by atoms with Gasteiger partial charge >= 0.3 is 5.69 Å². The van der Waals surface area contributed by atoms with Crippen LogP contribution in [0.1, 0.15) is 0 Å². The molecule has 3 rings (SSSR count). The maximum Gasteiger partial charge on any atom is 0.353 e. The molecule has 0 atom stereocenters. The summed E-state index contributed by atoms with van der Waals surface area (Å²) in [4.78, 5) is 21.3. The number of nitrogens with zero attached hydrogens (tertiary/aromatic N) is 4. The van der Waals surface area contributed by atoms with Crippen molar-refractivity contribution >= 4 is 34.6 Å². The third-order valence-corrected chi connectivity index (χ3v) is 4.29. The fourth-order valence-electron chi connectivity index (χ4n) is 2.62. The van der Waals surface area contributed by atoms with Gasteiger partial charge in [-0.1, -0.05) is 23.7 Å². The predicted octanol–water partition coefficient (Wildman–Crippen LogP) is 2.53. The summed E-state index contributed by atoms with van der Waals surface area (Å²) in [5.74, 6) is 0.264. The van der Waals surface area contributed by atoms with E-state index in [1.807, 2.05) is 0 Å². The third kappa shape index (κ3) is 4.57. The Labute approximate surface area is 155 Å². The second kappa shape index (κ2) is 8.75. The molecule has 1 aromatic heterocycles. The van der Waals surface area contributed by atoms with Crippen LogP contribution in [0, 0.1) is 10.1 Å². The van der Waals surface area contributed by atoms with Gasteiger partial charge in [0.05, 0.1) is 28.8 Å². The lowest BCUT2D eigenvalue weighted by molar-refractivity contribution is -0.383. The Morgan fingerprint density at radius 2 is 1.96 bits per heavy atom. The molecule has 0 saturated carbocycles. The van der Waals surface area contributed by atoms with Crippen molar-refractivity contribution in [3.8, 4) is 0 Å². The van der Waals surface area contributed by atoms with Crippen LogP contribution in [0.3, 0.4) is 0 Å². The average molecular weight is 379 g/mol. The highest BCUT2D eigenvalue weighted by molar-refractivity contribution is 6.33. The van der Waals surface area contributed by atoms with Gasteiger partial charge in [-0.25, -0.2) is 9.97 Å². The average Bonchev–Trinajstić information content (AvgIpc) is 2.64. The van der Waals surface area contributed by atoms with Crippen molar-refractivity contribution in [1.29, 1.82) is 0 Å². The van der Waals surface area contributed by atoms with Gasteiger partial charge in [-0.15, -0.1) is 0 Å². The number of anilines is 3. The molecule has 2 aromatic rings. The lowest BCUT2D eigenvalue weighted by Crippen LogP contribution is -2.39. The molecular weight excluding hydrogens is 360 g/mol. The number of hydrogen-bond donors (Lipinski definition) is 2. The van der Waals surface area contributed by atoms with Crippen molar-refractivity contribution in [2.24, 2.45) is 0 Å². The molecule has 0 unspecified atom stereocenters. The molecule has 0 radical (unpaired) electrons. The predicted molar refractivity (Wildman–Crippen MR) is 99.2 cm³/mol. The zero-order valence-corrected chi connectivity index (χ0v) is 14.8. The van der Waals surface area contributed by atoms with Crippen LogP contribution in [0.15, 0.2) is 30.6 Å². The van der Waals surface area contributed by atoms with Gasteiger partial charge in [0.15, 0.2) is 0 Å². The maximum absolute atomic E-state index is 11.6. The second-order valence-electron chi connectivity index (χ2n) is 5.66. The molecule has 1 fully saturated rings. The smallest absolute Gasteiger partial charge is 0.353 e. The molecule has 0 spiro atoms. The van der Waals surface area contributed by atoms with Gasteiger partial charge in [0.1, 0.15) is 6.33 Å². The topological polar surface area (TPSA) is 105 Å². The first kappa shape index (κ1) is 18.3. The number of morpholine rings is 1. The lowest BCUT2D eigenvalue weighted by atomic mass is 10.3. The van der Waals surface area contributed by atoms with Gasteiger partial charge in [-0.05, 0) is 12.1 Å². The minimum Gasteiger partial charge on any atom is -0.379 e. The molecule has 9 nitrogen and oxygen atoms in total. The Hall–Kier alpha value is -2.49. The quantitative estimate of drug-likeness (QED) is 0.559. The minimum absolute atomic E-state index is 0.0898. The van der Waals surface area contributed by atoms with E-state index < -0.39 is 4.92 Å². The molecule has 0 bridgehead atoms. The van der Waals surface area contributed by atoms with Gasteiger partial charge < -0.3 is 15.4 Å². The van der Waals surface area contributed by atoms with Gasteiger partial charge in [0.25, 0.3) is 0 Å². The van der Waals surface area contributed by atoms with E-state index in [0.29, 0.717) is 30.5 Å². The Kier molecular flexibility index (Phi) is 6.16. The first-order valence-electron chi connectivity index (χ1n) is 8.20. The molecule has 1 aromatic carbocycles. The Morgan fingerprint density at radius 3 is 2.69 bits per heavy atom. The molecule has 1 saturated heterocycles. The molecule has 1 aliphatic heterocycles. The number of ether oxygens (including phenoxy) is 1. The summed E-state index contributed by atoms with van der Waals surface area (Å²) in [6.07, 6.45) is 1.28. The Morgan fingerprint density at radius 1 is 1.23 bits per heavy atom. The normalized spacial score (nSPS) is 14.8. The number of rotatable bonds is 7. The molecule has 1 aliphatic rings. The Bertz CT molecular complexity index is 769. The van der Waals surface area contributed by atoms with Gasteiger partial charge in [-0.3, -0.25) is 15.0 Å². The van der Waals surface area contributed by atoms with Gasteiger partial charge in [0.2, 0.25) is 11.6 Å². The van der Waals surface area contributed by atoms with Gasteiger partial charge in [-0.2, -0.15) is 0 Å². The monoisotopic (exact) mass is 378 g/mol. The van der Waals surface area contributed by atoms with E-state index in [-0.39, 0.29) is 17.3 Å². The number of halogens is 1. The SMILES string of the molecule is O=[N+]([O-])c1c(NCCN2CCOCC2)ncnc1Nc1ccccc1Cl. The van der Waals surface area contributed by atoms with E-state index in [4.69, 9.17) is 16.3 Å². The number of nitrogens with one attached hydrogen (secondary N) is 2. The highest BCUT2D eigenvalue weighted by atomic mass is 35.5. The summed E-state index contributed by atoms with van der Waals surface area (Å²) in [6.45, 7) is 4.40. The number of hydrogen-bond acceptors (Lipinski definition) is 8. The van der Waals surface area contributed by atoms with E-state index in [0.717, 1.165) is 19.6 Å². The fraction of sp³-hybridized carbons (Fsp3) is 0.375. The summed E-state index contributed by atoms with van der Waals surface area (Å²) < 4.78 is 5.31. The zero-order chi connectivity index (χ0) is 18.4. The van der Waals surface area contributed by atoms with E-state index in [2.05, 4.69) is 25.5 Å². The van der Waals surface area contributed by atoms with Gasteiger partial charge in [0, 0.05) is 26.2 Å².